The van der Waals surface area contributed by atoms with E-state index in [2.05, 4.69) is 54.3 Å². The first kappa shape index (κ1) is 25.7. The van der Waals surface area contributed by atoms with Crippen LogP contribution in [0, 0.1) is 0 Å². The van der Waals surface area contributed by atoms with Gasteiger partial charge in [0.2, 0.25) is 0 Å². The van der Waals surface area contributed by atoms with E-state index in [1.54, 1.807) is 0 Å². The number of ether oxygens (including phenoxy) is 1. The molecule has 0 radical (unpaired) electrons. The fourth-order valence-electron chi connectivity index (χ4n) is 4.79. The zero-order valence-electron chi connectivity index (χ0n) is 19.3. The second-order valence-corrected chi connectivity index (χ2v) is 8.66. The van der Waals surface area contributed by atoms with Crippen molar-refractivity contribution in [2.24, 2.45) is 0 Å². The van der Waals surface area contributed by atoms with Crippen molar-refractivity contribution in [2.45, 2.75) is 70.3 Å². The summed E-state index contributed by atoms with van der Waals surface area (Å²) in [6, 6.07) is 18.8. The molecule has 2 aromatic rings. The molecule has 0 spiro atoms. The van der Waals surface area contributed by atoms with Gasteiger partial charge in [-0.3, -0.25) is 0 Å². The van der Waals surface area contributed by atoms with Crippen molar-refractivity contribution < 1.29 is 9.84 Å². The van der Waals surface area contributed by atoms with Gasteiger partial charge in [-0.25, -0.2) is 0 Å². The highest BCUT2D eigenvalue weighted by molar-refractivity contribution is 5.85. The number of hydrogen-bond acceptors (Lipinski definition) is 3. The summed E-state index contributed by atoms with van der Waals surface area (Å²) in [5, 5.41) is 12.3. The molecule has 0 aliphatic carbocycles. The van der Waals surface area contributed by atoms with E-state index in [0.29, 0.717) is 6.61 Å². The summed E-state index contributed by atoms with van der Waals surface area (Å²) < 4.78 is 5.65. The van der Waals surface area contributed by atoms with Crippen LogP contribution in [0.1, 0.15) is 75.8 Å². The quantitative estimate of drug-likeness (QED) is 0.376. The SMILES string of the molecule is CCCCCCC(O)(c1ccc(OCC)cc1)C(CN1CCCC1)c1ccccc1.Cl. The van der Waals surface area contributed by atoms with Crippen LogP contribution in [0.5, 0.6) is 5.75 Å². The van der Waals surface area contributed by atoms with Crippen LogP contribution in [-0.2, 0) is 5.60 Å². The Kier molecular flexibility index (Phi) is 10.9. The maximum absolute atomic E-state index is 12.3. The average Bonchev–Trinajstić information content (AvgIpc) is 3.30. The molecular weight excluding hydrogens is 406 g/mol. The Hall–Kier alpha value is -1.55. The maximum Gasteiger partial charge on any atom is 0.119 e. The summed E-state index contributed by atoms with van der Waals surface area (Å²) in [6.45, 7) is 8.07. The van der Waals surface area contributed by atoms with Crippen LogP contribution in [-0.4, -0.2) is 36.2 Å². The highest BCUT2D eigenvalue weighted by Gasteiger charge is 2.40. The molecule has 1 heterocycles. The minimum absolute atomic E-state index is 0. The molecule has 4 heteroatoms. The predicted molar refractivity (Wildman–Crippen MR) is 132 cm³/mol. The Labute approximate surface area is 195 Å². The molecule has 3 nitrogen and oxygen atoms in total. The van der Waals surface area contributed by atoms with Crippen LogP contribution in [0.3, 0.4) is 0 Å². The van der Waals surface area contributed by atoms with Crippen molar-refractivity contribution in [3.8, 4) is 5.75 Å². The van der Waals surface area contributed by atoms with Crippen molar-refractivity contribution in [1.29, 1.82) is 0 Å². The van der Waals surface area contributed by atoms with Gasteiger partial charge < -0.3 is 14.7 Å². The average molecular weight is 446 g/mol. The second kappa shape index (κ2) is 13.1. The summed E-state index contributed by atoms with van der Waals surface area (Å²) in [4.78, 5) is 2.53. The summed E-state index contributed by atoms with van der Waals surface area (Å²) in [6.07, 6.45) is 7.95. The number of rotatable bonds is 12. The maximum atomic E-state index is 12.3. The topological polar surface area (TPSA) is 32.7 Å². The molecule has 1 fully saturated rings. The van der Waals surface area contributed by atoms with Crippen LogP contribution in [0.4, 0.5) is 0 Å². The van der Waals surface area contributed by atoms with Gasteiger partial charge in [0.15, 0.2) is 0 Å². The van der Waals surface area contributed by atoms with Crippen LogP contribution < -0.4 is 4.74 Å². The second-order valence-electron chi connectivity index (χ2n) is 8.66. The van der Waals surface area contributed by atoms with E-state index in [1.165, 1.54) is 37.7 Å². The molecule has 2 unspecified atom stereocenters. The molecule has 0 aromatic heterocycles. The highest BCUT2D eigenvalue weighted by Crippen LogP contribution is 2.42. The number of likely N-dealkylation sites (tertiary alicyclic amines) is 1. The van der Waals surface area contributed by atoms with Gasteiger partial charge >= 0.3 is 0 Å². The normalized spacial score (nSPS) is 17.0. The lowest BCUT2D eigenvalue weighted by Crippen LogP contribution is -2.40. The van der Waals surface area contributed by atoms with E-state index in [-0.39, 0.29) is 18.3 Å². The minimum Gasteiger partial charge on any atom is -0.494 e. The fraction of sp³-hybridized carbons (Fsp3) is 0.556. The monoisotopic (exact) mass is 445 g/mol. The van der Waals surface area contributed by atoms with Crippen LogP contribution in [0.25, 0.3) is 0 Å². The number of unbranched alkanes of at least 4 members (excludes halogenated alkanes) is 3. The zero-order chi connectivity index (χ0) is 21.2. The molecule has 2 aromatic carbocycles. The molecule has 1 saturated heterocycles. The van der Waals surface area contributed by atoms with E-state index in [4.69, 9.17) is 4.74 Å². The number of benzene rings is 2. The Morgan fingerprint density at radius 2 is 1.61 bits per heavy atom. The van der Waals surface area contributed by atoms with E-state index in [1.807, 2.05) is 19.1 Å². The highest BCUT2D eigenvalue weighted by atomic mass is 35.5. The summed E-state index contributed by atoms with van der Waals surface area (Å²) in [5.41, 5.74) is 1.36. The van der Waals surface area contributed by atoms with Gasteiger partial charge in [-0.05, 0) is 62.5 Å². The third kappa shape index (κ3) is 6.97. The molecule has 3 rings (SSSR count). The number of hydrogen-bond donors (Lipinski definition) is 1. The van der Waals surface area contributed by atoms with Crippen LogP contribution in [0.2, 0.25) is 0 Å². The Morgan fingerprint density at radius 3 is 2.23 bits per heavy atom. The summed E-state index contributed by atoms with van der Waals surface area (Å²) in [7, 11) is 0. The molecule has 0 bridgehead atoms. The van der Waals surface area contributed by atoms with E-state index in [0.717, 1.165) is 43.8 Å². The molecule has 0 saturated carbocycles. The number of nitrogens with zero attached hydrogens (tertiary/aromatic N) is 1. The Bertz CT molecular complexity index is 731. The first-order chi connectivity index (χ1) is 14.7. The predicted octanol–water partition coefficient (Wildman–Crippen LogP) is 6.54. The largest absolute Gasteiger partial charge is 0.494 e. The van der Waals surface area contributed by atoms with Gasteiger partial charge in [0, 0.05) is 12.5 Å². The first-order valence-electron chi connectivity index (χ1n) is 11.9. The van der Waals surface area contributed by atoms with E-state index < -0.39 is 5.60 Å². The molecule has 31 heavy (non-hydrogen) atoms. The third-order valence-corrected chi connectivity index (χ3v) is 6.49. The fourth-order valence-corrected chi connectivity index (χ4v) is 4.79. The van der Waals surface area contributed by atoms with E-state index in [9.17, 15) is 5.11 Å². The van der Waals surface area contributed by atoms with Crippen molar-refractivity contribution in [3.05, 3.63) is 65.7 Å². The molecule has 1 N–H and O–H groups in total. The van der Waals surface area contributed by atoms with Crippen molar-refractivity contribution in [2.75, 3.05) is 26.2 Å². The standard InChI is InChI=1S/C27H39NO2.ClH/c1-3-5-6-10-19-27(29,24-15-17-25(18-16-24)30-4-2)26(22-28-20-11-12-21-28)23-13-8-7-9-14-23;/h7-9,13-18,26,29H,3-6,10-12,19-22H2,1-2H3;1H. The van der Waals surface area contributed by atoms with Gasteiger partial charge in [-0.2, -0.15) is 0 Å². The third-order valence-electron chi connectivity index (χ3n) is 6.49. The smallest absolute Gasteiger partial charge is 0.119 e. The molecular formula is C27H40ClNO2. The molecule has 2 atom stereocenters. The van der Waals surface area contributed by atoms with Crippen molar-refractivity contribution in [3.63, 3.8) is 0 Å². The van der Waals surface area contributed by atoms with Crippen molar-refractivity contribution in [1.82, 2.24) is 4.90 Å². The van der Waals surface area contributed by atoms with Crippen molar-refractivity contribution >= 4 is 12.4 Å². The van der Waals surface area contributed by atoms with Crippen LogP contribution >= 0.6 is 12.4 Å². The van der Waals surface area contributed by atoms with Gasteiger partial charge in [-0.1, -0.05) is 75.1 Å². The van der Waals surface area contributed by atoms with Gasteiger partial charge in [0.05, 0.1) is 12.2 Å². The van der Waals surface area contributed by atoms with Crippen LogP contribution in [0.15, 0.2) is 54.6 Å². The summed E-state index contributed by atoms with van der Waals surface area (Å²) >= 11 is 0. The number of halogens is 1. The molecule has 0 amide bonds. The van der Waals surface area contributed by atoms with Gasteiger partial charge in [0.1, 0.15) is 5.75 Å². The lowest BCUT2D eigenvalue weighted by Gasteiger charge is -2.39. The Balaban J connectivity index is 0.00000341. The zero-order valence-corrected chi connectivity index (χ0v) is 20.1. The molecule has 1 aliphatic rings. The van der Waals surface area contributed by atoms with E-state index >= 15 is 0 Å². The van der Waals surface area contributed by atoms with Gasteiger partial charge in [0.25, 0.3) is 0 Å². The Morgan fingerprint density at radius 1 is 0.935 bits per heavy atom. The lowest BCUT2D eigenvalue weighted by molar-refractivity contribution is -0.0133. The lowest BCUT2D eigenvalue weighted by atomic mass is 9.74. The first-order valence-corrected chi connectivity index (χ1v) is 11.9. The summed E-state index contributed by atoms with van der Waals surface area (Å²) in [5.74, 6) is 0.918. The minimum atomic E-state index is -0.886. The van der Waals surface area contributed by atoms with Gasteiger partial charge in [-0.15, -0.1) is 12.4 Å². The number of aliphatic hydroxyl groups is 1. The molecule has 172 valence electrons. The molecule has 1 aliphatic heterocycles.